The molecule has 0 radical (unpaired) electrons. The van der Waals surface area contributed by atoms with Crippen molar-refractivity contribution in [2.45, 2.75) is 18.9 Å². The van der Waals surface area contributed by atoms with Crippen molar-refractivity contribution in [3.63, 3.8) is 0 Å². The highest BCUT2D eigenvalue weighted by atomic mass is 16.1. The molecule has 0 aromatic carbocycles. The molecular formula is C11H14N2O. The first-order valence-electron chi connectivity index (χ1n) is 5.25. The number of pyridine rings is 1. The lowest BCUT2D eigenvalue weighted by molar-refractivity contribution is 0.257. The van der Waals surface area contributed by atoms with Crippen molar-refractivity contribution in [2.75, 3.05) is 13.1 Å². The number of nitrogens with zero attached hydrogens (tertiary/aromatic N) is 1. The maximum atomic E-state index is 11.6. The first-order chi connectivity index (χ1) is 6.84. The molecule has 3 nitrogen and oxygen atoms in total. The van der Waals surface area contributed by atoms with Gasteiger partial charge >= 0.3 is 0 Å². The van der Waals surface area contributed by atoms with Gasteiger partial charge in [0.05, 0.1) is 0 Å². The van der Waals surface area contributed by atoms with E-state index in [1.54, 1.807) is 6.07 Å². The lowest BCUT2D eigenvalue weighted by Crippen LogP contribution is -2.44. The lowest BCUT2D eigenvalue weighted by atomic mass is 9.84. The van der Waals surface area contributed by atoms with Crippen LogP contribution < -0.4 is 10.9 Å². The molecule has 0 saturated carbocycles. The summed E-state index contributed by atoms with van der Waals surface area (Å²) < 4.78 is 1.96. The van der Waals surface area contributed by atoms with Crippen LogP contribution in [-0.2, 0) is 6.54 Å². The van der Waals surface area contributed by atoms with Crippen molar-refractivity contribution in [3.8, 4) is 0 Å². The molecule has 1 N–H and O–H groups in total. The largest absolute Gasteiger partial charge is 0.316 e. The van der Waals surface area contributed by atoms with Crippen molar-refractivity contribution in [1.29, 1.82) is 0 Å². The van der Waals surface area contributed by atoms with Gasteiger partial charge in [-0.2, -0.15) is 0 Å². The molecule has 2 aliphatic rings. The molecule has 0 amide bonds. The smallest absolute Gasteiger partial charge is 0.250 e. The Labute approximate surface area is 82.8 Å². The predicted octanol–water partition coefficient (Wildman–Crippen LogP) is 0.555. The normalized spacial score (nSPS) is 29.7. The number of fused-ring (bicyclic) bond motifs is 4. The van der Waals surface area contributed by atoms with Crippen LogP contribution in [0.15, 0.2) is 23.0 Å². The summed E-state index contributed by atoms with van der Waals surface area (Å²) in [6.45, 7) is 3.00. The van der Waals surface area contributed by atoms with Gasteiger partial charge in [0.1, 0.15) is 0 Å². The number of aromatic nitrogens is 1. The average Bonchev–Trinajstić information content (AvgIpc) is 2.20. The van der Waals surface area contributed by atoms with Crippen LogP contribution in [0.3, 0.4) is 0 Å². The van der Waals surface area contributed by atoms with Gasteiger partial charge in [0.25, 0.3) is 5.56 Å². The Balaban J connectivity index is 2.15. The van der Waals surface area contributed by atoms with E-state index >= 15 is 0 Å². The standard InChI is InChI=1S/C11H14N2O/c14-11-3-1-2-10-9-4-8(5-12-6-9)7-13(10)11/h1-3,8-9,12H,4-7H2/t8?,9-/m1/s1. The topological polar surface area (TPSA) is 34.0 Å². The van der Waals surface area contributed by atoms with Crippen LogP contribution in [0, 0.1) is 5.92 Å². The van der Waals surface area contributed by atoms with Gasteiger partial charge in [0.2, 0.25) is 0 Å². The summed E-state index contributed by atoms with van der Waals surface area (Å²) in [5, 5.41) is 3.43. The molecule has 1 unspecified atom stereocenters. The van der Waals surface area contributed by atoms with Crippen LogP contribution >= 0.6 is 0 Å². The molecule has 14 heavy (non-hydrogen) atoms. The molecule has 3 heterocycles. The minimum Gasteiger partial charge on any atom is -0.316 e. The lowest BCUT2D eigenvalue weighted by Gasteiger charge is -2.37. The minimum absolute atomic E-state index is 0.166. The summed E-state index contributed by atoms with van der Waals surface area (Å²) >= 11 is 0. The molecule has 1 aromatic heterocycles. The summed E-state index contributed by atoms with van der Waals surface area (Å²) in [7, 11) is 0. The molecule has 3 heteroatoms. The summed E-state index contributed by atoms with van der Waals surface area (Å²) in [4.78, 5) is 11.6. The Morgan fingerprint density at radius 3 is 3.21 bits per heavy atom. The predicted molar refractivity (Wildman–Crippen MR) is 54.4 cm³/mol. The summed E-state index contributed by atoms with van der Waals surface area (Å²) in [6.07, 6.45) is 1.25. The van der Waals surface area contributed by atoms with Gasteiger partial charge in [-0.25, -0.2) is 0 Å². The molecule has 0 aliphatic carbocycles. The van der Waals surface area contributed by atoms with Crippen LogP contribution in [-0.4, -0.2) is 17.7 Å². The van der Waals surface area contributed by atoms with Gasteiger partial charge in [0.15, 0.2) is 0 Å². The molecular weight excluding hydrogens is 176 g/mol. The van der Waals surface area contributed by atoms with E-state index in [-0.39, 0.29) is 5.56 Å². The van der Waals surface area contributed by atoms with Gasteiger partial charge in [-0.3, -0.25) is 4.79 Å². The molecule has 2 aliphatic heterocycles. The Bertz CT molecular complexity index is 410. The van der Waals surface area contributed by atoms with Crippen LogP contribution in [0.25, 0.3) is 0 Å². The monoisotopic (exact) mass is 190 g/mol. The number of piperidine rings is 1. The van der Waals surface area contributed by atoms with E-state index in [1.165, 1.54) is 12.1 Å². The SMILES string of the molecule is O=c1cccc2n1CC1CNC[C@H]2C1. The quantitative estimate of drug-likeness (QED) is 0.648. The third-order valence-electron chi connectivity index (χ3n) is 3.38. The third-order valence-corrected chi connectivity index (χ3v) is 3.38. The highest BCUT2D eigenvalue weighted by Gasteiger charge is 2.30. The summed E-state index contributed by atoms with van der Waals surface area (Å²) in [6, 6.07) is 5.64. The average molecular weight is 190 g/mol. The van der Waals surface area contributed by atoms with E-state index in [0.29, 0.717) is 11.8 Å². The Morgan fingerprint density at radius 2 is 2.29 bits per heavy atom. The molecule has 1 aromatic rings. The second kappa shape index (κ2) is 2.95. The number of rotatable bonds is 0. The van der Waals surface area contributed by atoms with Gasteiger partial charge in [-0.1, -0.05) is 6.07 Å². The van der Waals surface area contributed by atoms with Crippen molar-refractivity contribution in [1.82, 2.24) is 9.88 Å². The highest BCUT2D eigenvalue weighted by molar-refractivity contribution is 5.16. The van der Waals surface area contributed by atoms with Crippen molar-refractivity contribution in [2.24, 2.45) is 5.92 Å². The molecule has 3 rings (SSSR count). The second-order valence-electron chi connectivity index (χ2n) is 4.36. The molecule has 1 saturated heterocycles. The van der Waals surface area contributed by atoms with Gasteiger partial charge < -0.3 is 9.88 Å². The van der Waals surface area contributed by atoms with E-state index in [1.807, 2.05) is 10.6 Å². The fourth-order valence-corrected chi connectivity index (χ4v) is 2.74. The van der Waals surface area contributed by atoms with Crippen molar-refractivity contribution >= 4 is 0 Å². The zero-order valence-electron chi connectivity index (χ0n) is 8.07. The van der Waals surface area contributed by atoms with E-state index < -0.39 is 0 Å². The van der Waals surface area contributed by atoms with Gasteiger partial charge in [-0.05, 0) is 24.9 Å². The van der Waals surface area contributed by atoms with Crippen LogP contribution in [0.2, 0.25) is 0 Å². The molecule has 2 atom stereocenters. The Kier molecular flexibility index (Phi) is 1.74. The number of hydrogen-bond acceptors (Lipinski definition) is 2. The Hall–Kier alpha value is -1.09. The Morgan fingerprint density at radius 1 is 1.36 bits per heavy atom. The van der Waals surface area contributed by atoms with Gasteiger partial charge in [-0.15, -0.1) is 0 Å². The maximum absolute atomic E-state index is 11.6. The van der Waals surface area contributed by atoms with E-state index in [0.717, 1.165) is 19.6 Å². The van der Waals surface area contributed by atoms with Crippen LogP contribution in [0.5, 0.6) is 0 Å². The van der Waals surface area contributed by atoms with Crippen molar-refractivity contribution < 1.29 is 0 Å². The number of hydrogen-bond donors (Lipinski definition) is 1. The molecule has 74 valence electrons. The van der Waals surface area contributed by atoms with E-state index in [4.69, 9.17) is 0 Å². The summed E-state index contributed by atoms with van der Waals surface area (Å²) in [5.41, 5.74) is 1.39. The van der Waals surface area contributed by atoms with Crippen LogP contribution in [0.1, 0.15) is 18.0 Å². The van der Waals surface area contributed by atoms with E-state index in [2.05, 4.69) is 11.4 Å². The third kappa shape index (κ3) is 1.12. The molecule has 2 bridgehead atoms. The highest BCUT2D eigenvalue weighted by Crippen LogP contribution is 2.31. The minimum atomic E-state index is 0.166. The first-order valence-corrected chi connectivity index (χ1v) is 5.25. The van der Waals surface area contributed by atoms with Gasteiger partial charge in [0, 0.05) is 30.8 Å². The number of nitrogens with one attached hydrogen (secondary N) is 1. The molecule has 0 spiro atoms. The zero-order valence-corrected chi connectivity index (χ0v) is 8.07. The fraction of sp³-hybridized carbons (Fsp3) is 0.545. The molecule has 1 fully saturated rings. The summed E-state index contributed by atoms with van der Waals surface area (Å²) in [5.74, 6) is 1.21. The van der Waals surface area contributed by atoms with Crippen molar-refractivity contribution in [3.05, 3.63) is 34.2 Å². The van der Waals surface area contributed by atoms with E-state index in [9.17, 15) is 4.79 Å². The maximum Gasteiger partial charge on any atom is 0.250 e. The second-order valence-corrected chi connectivity index (χ2v) is 4.36. The zero-order chi connectivity index (χ0) is 9.54. The van der Waals surface area contributed by atoms with Crippen LogP contribution in [0.4, 0.5) is 0 Å². The first kappa shape index (κ1) is 8.24. The fourth-order valence-electron chi connectivity index (χ4n) is 2.74.